The molecule has 0 saturated carbocycles. The average molecular weight is 558 g/mol. The lowest BCUT2D eigenvalue weighted by Gasteiger charge is -2.21. The number of hydrogen-bond donors (Lipinski definition) is 2. The first kappa shape index (κ1) is 22.7. The van der Waals surface area contributed by atoms with E-state index in [1.165, 1.54) is 12.1 Å². The van der Waals surface area contributed by atoms with Crippen molar-refractivity contribution in [3.63, 3.8) is 0 Å². The summed E-state index contributed by atoms with van der Waals surface area (Å²) in [6.07, 6.45) is 0. The smallest absolute Gasteiger partial charge is 0.192 e. The first-order valence-electron chi connectivity index (χ1n) is 9.03. The van der Waals surface area contributed by atoms with E-state index in [2.05, 4.69) is 59.6 Å². The number of hydrogen-bond acceptors (Lipinski definition) is 1. The SMILES string of the molecule is Cl.Fc1ccc(CN=C2N[C@H](c3ccccc3Br)[C@H](c3ccccc3Br)N2)cc1F. The Morgan fingerprint density at radius 1 is 0.767 bits per heavy atom. The van der Waals surface area contributed by atoms with E-state index in [4.69, 9.17) is 0 Å². The van der Waals surface area contributed by atoms with Crippen molar-refractivity contribution in [2.75, 3.05) is 0 Å². The van der Waals surface area contributed by atoms with E-state index >= 15 is 0 Å². The minimum absolute atomic E-state index is 0. The van der Waals surface area contributed by atoms with Crippen molar-refractivity contribution in [2.45, 2.75) is 18.6 Å². The van der Waals surface area contributed by atoms with Crippen molar-refractivity contribution in [2.24, 2.45) is 4.99 Å². The molecule has 3 nitrogen and oxygen atoms in total. The third-order valence-corrected chi connectivity index (χ3v) is 6.25. The maximum atomic E-state index is 13.5. The summed E-state index contributed by atoms with van der Waals surface area (Å²) in [7, 11) is 0. The molecule has 0 unspecified atom stereocenters. The molecule has 1 heterocycles. The lowest BCUT2D eigenvalue weighted by Crippen LogP contribution is -2.25. The summed E-state index contributed by atoms with van der Waals surface area (Å²) in [5, 5.41) is 6.88. The standard InChI is InChI=1S/C22H17Br2F2N3.ClH/c23-16-7-3-1-5-14(16)20-21(15-6-2-4-8-17(15)24)29-22(28-20)27-12-13-9-10-18(25)19(26)11-13;/h1-11,20-21H,12H2,(H2,27,28,29);1H/t20-,21+;. The molecule has 156 valence electrons. The van der Waals surface area contributed by atoms with Crippen LogP contribution in [-0.2, 0) is 6.54 Å². The molecule has 0 amide bonds. The Bertz CT molecular complexity index is 1020. The summed E-state index contributed by atoms with van der Waals surface area (Å²) in [5.74, 6) is -1.12. The van der Waals surface area contributed by atoms with Gasteiger partial charge in [-0.2, -0.15) is 0 Å². The van der Waals surface area contributed by atoms with E-state index in [0.717, 1.165) is 26.1 Å². The highest BCUT2D eigenvalue weighted by atomic mass is 79.9. The van der Waals surface area contributed by atoms with Crippen molar-refractivity contribution in [1.29, 1.82) is 0 Å². The number of aliphatic imine (C=N–C) groups is 1. The highest BCUT2D eigenvalue weighted by molar-refractivity contribution is 9.10. The molecule has 3 aromatic carbocycles. The normalized spacial score (nSPS) is 19.1. The Morgan fingerprint density at radius 3 is 1.80 bits per heavy atom. The molecule has 0 spiro atoms. The van der Waals surface area contributed by atoms with Gasteiger partial charge in [-0.1, -0.05) is 74.3 Å². The molecule has 0 aromatic heterocycles. The largest absolute Gasteiger partial charge is 0.347 e. The van der Waals surface area contributed by atoms with Gasteiger partial charge in [0, 0.05) is 8.95 Å². The van der Waals surface area contributed by atoms with Crippen LogP contribution in [0.1, 0.15) is 28.8 Å². The second-order valence-corrected chi connectivity index (χ2v) is 8.41. The molecule has 1 saturated heterocycles. The molecule has 0 aliphatic carbocycles. The maximum absolute atomic E-state index is 13.5. The summed E-state index contributed by atoms with van der Waals surface area (Å²) in [6.45, 7) is 0.234. The molecular formula is C22H18Br2ClF2N3. The summed E-state index contributed by atoms with van der Waals surface area (Å²) < 4.78 is 28.6. The van der Waals surface area contributed by atoms with Crippen LogP contribution in [0.15, 0.2) is 80.7 Å². The molecule has 2 atom stereocenters. The van der Waals surface area contributed by atoms with Gasteiger partial charge in [0.1, 0.15) is 0 Å². The van der Waals surface area contributed by atoms with E-state index in [-0.39, 0.29) is 31.0 Å². The molecule has 1 aliphatic heterocycles. The van der Waals surface area contributed by atoms with Gasteiger partial charge in [-0.05, 0) is 41.0 Å². The van der Waals surface area contributed by atoms with Gasteiger partial charge in [-0.15, -0.1) is 12.4 Å². The quantitative estimate of drug-likeness (QED) is 0.387. The average Bonchev–Trinajstić information content (AvgIpc) is 3.13. The highest BCUT2D eigenvalue weighted by Crippen LogP contribution is 2.38. The van der Waals surface area contributed by atoms with Crippen LogP contribution in [0.5, 0.6) is 0 Å². The summed E-state index contributed by atoms with van der Waals surface area (Å²) in [5.41, 5.74) is 2.79. The van der Waals surface area contributed by atoms with E-state index in [0.29, 0.717) is 11.5 Å². The molecule has 1 fully saturated rings. The second-order valence-electron chi connectivity index (χ2n) is 6.70. The first-order chi connectivity index (χ1) is 14.0. The van der Waals surface area contributed by atoms with E-state index in [9.17, 15) is 8.78 Å². The van der Waals surface area contributed by atoms with Gasteiger partial charge in [0.15, 0.2) is 17.6 Å². The topological polar surface area (TPSA) is 36.4 Å². The number of benzene rings is 3. The predicted octanol–water partition coefficient (Wildman–Crippen LogP) is 6.44. The monoisotopic (exact) mass is 555 g/mol. The fourth-order valence-corrected chi connectivity index (χ4v) is 4.43. The van der Waals surface area contributed by atoms with Gasteiger partial charge in [-0.25, -0.2) is 13.8 Å². The number of guanidine groups is 1. The zero-order chi connectivity index (χ0) is 20.4. The first-order valence-corrected chi connectivity index (χ1v) is 10.6. The minimum atomic E-state index is -0.868. The molecule has 30 heavy (non-hydrogen) atoms. The number of nitrogens with one attached hydrogen (secondary N) is 2. The lowest BCUT2D eigenvalue weighted by molar-refractivity contribution is 0.507. The Balaban J connectivity index is 0.00000256. The summed E-state index contributed by atoms with van der Waals surface area (Å²) in [4.78, 5) is 4.55. The van der Waals surface area contributed by atoms with Gasteiger partial charge in [-0.3, -0.25) is 0 Å². The van der Waals surface area contributed by atoms with Gasteiger partial charge in [0.25, 0.3) is 0 Å². The van der Waals surface area contributed by atoms with Crippen molar-refractivity contribution in [3.8, 4) is 0 Å². The molecule has 0 radical (unpaired) electrons. The third kappa shape index (κ3) is 4.85. The van der Waals surface area contributed by atoms with Gasteiger partial charge >= 0.3 is 0 Å². The highest BCUT2D eigenvalue weighted by Gasteiger charge is 2.34. The second kappa shape index (κ2) is 9.90. The van der Waals surface area contributed by atoms with Gasteiger partial charge < -0.3 is 10.6 Å². The van der Waals surface area contributed by atoms with Crippen LogP contribution in [0.25, 0.3) is 0 Å². The summed E-state index contributed by atoms with van der Waals surface area (Å²) >= 11 is 7.28. The third-order valence-electron chi connectivity index (χ3n) is 4.80. The van der Waals surface area contributed by atoms with Crippen LogP contribution in [-0.4, -0.2) is 5.96 Å². The molecular weight excluding hydrogens is 540 g/mol. The van der Waals surface area contributed by atoms with E-state index in [1.54, 1.807) is 0 Å². The molecule has 3 aromatic rings. The maximum Gasteiger partial charge on any atom is 0.192 e. The molecule has 2 N–H and O–H groups in total. The Kier molecular flexibility index (Phi) is 7.50. The summed E-state index contributed by atoms with van der Waals surface area (Å²) in [6, 6.07) is 19.8. The van der Waals surface area contributed by atoms with Crippen LogP contribution >= 0.6 is 44.3 Å². The Labute approximate surface area is 196 Å². The fourth-order valence-electron chi connectivity index (χ4n) is 3.37. The number of rotatable bonds is 4. The van der Waals surface area contributed by atoms with Gasteiger partial charge in [0.2, 0.25) is 0 Å². The molecule has 8 heteroatoms. The van der Waals surface area contributed by atoms with Crippen molar-refractivity contribution in [3.05, 3.63) is 104 Å². The molecule has 4 rings (SSSR count). The van der Waals surface area contributed by atoms with Gasteiger partial charge in [0.05, 0.1) is 18.6 Å². The Hall–Kier alpha value is -1.96. The van der Waals surface area contributed by atoms with Crippen molar-refractivity contribution in [1.82, 2.24) is 10.6 Å². The minimum Gasteiger partial charge on any atom is -0.347 e. The van der Waals surface area contributed by atoms with Crippen LogP contribution < -0.4 is 10.6 Å². The van der Waals surface area contributed by atoms with E-state index < -0.39 is 11.6 Å². The lowest BCUT2D eigenvalue weighted by atomic mass is 9.95. The zero-order valence-corrected chi connectivity index (χ0v) is 19.6. The van der Waals surface area contributed by atoms with E-state index in [1.807, 2.05) is 36.4 Å². The fraction of sp³-hybridized carbons (Fsp3) is 0.136. The zero-order valence-electron chi connectivity index (χ0n) is 15.6. The predicted molar refractivity (Wildman–Crippen MR) is 125 cm³/mol. The number of halogens is 5. The number of nitrogens with zero attached hydrogens (tertiary/aromatic N) is 1. The van der Waals surface area contributed by atoms with Crippen LogP contribution in [0, 0.1) is 11.6 Å². The molecule has 1 aliphatic rings. The van der Waals surface area contributed by atoms with Crippen molar-refractivity contribution >= 4 is 50.2 Å². The Morgan fingerprint density at radius 2 is 1.30 bits per heavy atom. The van der Waals surface area contributed by atoms with Crippen LogP contribution in [0.2, 0.25) is 0 Å². The van der Waals surface area contributed by atoms with Crippen LogP contribution in [0.3, 0.4) is 0 Å². The van der Waals surface area contributed by atoms with Crippen molar-refractivity contribution < 1.29 is 8.78 Å². The van der Waals surface area contributed by atoms with Crippen LogP contribution in [0.4, 0.5) is 8.78 Å². The molecule has 0 bridgehead atoms.